The van der Waals surface area contributed by atoms with Crippen LogP contribution in [0.15, 0.2) is 18.2 Å². The van der Waals surface area contributed by atoms with E-state index in [2.05, 4.69) is 4.74 Å². The zero-order chi connectivity index (χ0) is 13.0. The number of hydrogen-bond donors (Lipinski definition) is 4. The summed E-state index contributed by atoms with van der Waals surface area (Å²) in [6.07, 6.45) is -3.62. The van der Waals surface area contributed by atoms with Crippen LogP contribution in [0.1, 0.15) is 18.6 Å². The van der Waals surface area contributed by atoms with Crippen LogP contribution in [0, 0.1) is 0 Å². The Morgan fingerprint density at radius 2 is 1.82 bits per heavy atom. The number of benzene rings is 1. The number of phenols is 2. The molecule has 0 aliphatic heterocycles. The molecule has 6 heteroatoms. The van der Waals surface area contributed by atoms with Crippen LogP contribution in [0.5, 0.6) is 11.5 Å². The predicted molar refractivity (Wildman–Crippen MR) is 57.4 cm³/mol. The Kier molecular flexibility index (Phi) is 4.30. The summed E-state index contributed by atoms with van der Waals surface area (Å²) >= 11 is 0. The average molecular weight is 242 g/mol. The molecule has 4 N–H and O–H groups in total. The molecule has 0 heterocycles. The zero-order valence-corrected chi connectivity index (χ0v) is 9.20. The number of rotatable bonds is 4. The third-order valence-corrected chi connectivity index (χ3v) is 2.18. The second-order valence-electron chi connectivity index (χ2n) is 3.35. The summed E-state index contributed by atoms with van der Waals surface area (Å²) in [5.41, 5.74) is -0.312. The van der Waals surface area contributed by atoms with Crippen molar-refractivity contribution in [2.24, 2.45) is 0 Å². The maximum absolute atomic E-state index is 11.2. The van der Waals surface area contributed by atoms with Crippen LogP contribution in [0.3, 0.4) is 0 Å². The first-order valence-electron chi connectivity index (χ1n) is 5.02. The lowest BCUT2D eigenvalue weighted by Crippen LogP contribution is -2.30. The first kappa shape index (κ1) is 13.3. The molecule has 0 amide bonds. The number of carbonyl (C=O) groups is 1. The molecule has 0 aliphatic rings. The summed E-state index contributed by atoms with van der Waals surface area (Å²) < 4.78 is 4.51. The van der Waals surface area contributed by atoms with E-state index in [4.69, 9.17) is 0 Å². The van der Waals surface area contributed by atoms with Gasteiger partial charge in [0.2, 0.25) is 0 Å². The number of esters is 1. The molecule has 17 heavy (non-hydrogen) atoms. The Balaban J connectivity index is 2.96. The van der Waals surface area contributed by atoms with Crippen molar-refractivity contribution < 1.29 is 30.0 Å². The second-order valence-corrected chi connectivity index (χ2v) is 3.35. The highest BCUT2D eigenvalue weighted by Gasteiger charge is 2.30. The van der Waals surface area contributed by atoms with Crippen LogP contribution in [0.4, 0.5) is 0 Å². The molecule has 2 unspecified atom stereocenters. The van der Waals surface area contributed by atoms with Crippen molar-refractivity contribution in [3.05, 3.63) is 23.8 Å². The summed E-state index contributed by atoms with van der Waals surface area (Å²) in [4.78, 5) is 11.2. The number of carbonyl (C=O) groups excluding carboxylic acids is 1. The fourth-order valence-corrected chi connectivity index (χ4v) is 1.36. The van der Waals surface area contributed by atoms with Crippen molar-refractivity contribution >= 4 is 5.97 Å². The van der Waals surface area contributed by atoms with E-state index in [0.29, 0.717) is 0 Å². The molecule has 0 saturated carbocycles. The molecule has 6 nitrogen and oxygen atoms in total. The monoisotopic (exact) mass is 242 g/mol. The number of hydrogen-bond acceptors (Lipinski definition) is 6. The fraction of sp³-hybridized carbons (Fsp3) is 0.364. The highest BCUT2D eigenvalue weighted by molar-refractivity contribution is 5.75. The maximum atomic E-state index is 11.2. The van der Waals surface area contributed by atoms with Crippen molar-refractivity contribution in [2.75, 3.05) is 6.61 Å². The first-order valence-corrected chi connectivity index (χ1v) is 5.02. The number of aliphatic hydroxyl groups is 2. The highest BCUT2D eigenvalue weighted by atomic mass is 16.5. The van der Waals surface area contributed by atoms with E-state index < -0.39 is 29.7 Å². The quantitative estimate of drug-likeness (QED) is 0.556. The second kappa shape index (κ2) is 5.51. The Bertz CT molecular complexity index is 383. The minimum absolute atomic E-state index is 0.0510. The van der Waals surface area contributed by atoms with Gasteiger partial charge >= 0.3 is 5.97 Å². The van der Waals surface area contributed by atoms with Gasteiger partial charge in [0, 0.05) is 0 Å². The Labute approximate surface area is 97.7 Å². The summed E-state index contributed by atoms with van der Waals surface area (Å²) in [6.45, 7) is 1.60. The third-order valence-electron chi connectivity index (χ3n) is 2.18. The summed E-state index contributed by atoms with van der Waals surface area (Å²) in [6, 6.07) is 3.80. The van der Waals surface area contributed by atoms with Crippen molar-refractivity contribution in [3.63, 3.8) is 0 Å². The largest absolute Gasteiger partial charge is 0.507 e. The van der Waals surface area contributed by atoms with Crippen LogP contribution < -0.4 is 0 Å². The number of phenolic OH excluding ortho intramolecular Hbond substituents is 2. The SMILES string of the molecule is CCOC(=O)C(O)C(O)c1c(O)cccc1O. The molecule has 2 atom stereocenters. The van der Waals surface area contributed by atoms with E-state index in [-0.39, 0.29) is 12.2 Å². The van der Waals surface area contributed by atoms with Gasteiger partial charge in [-0.3, -0.25) is 0 Å². The lowest BCUT2D eigenvalue weighted by atomic mass is 10.0. The van der Waals surface area contributed by atoms with Crippen LogP contribution in [0.25, 0.3) is 0 Å². The Morgan fingerprint density at radius 3 is 2.29 bits per heavy atom. The fourth-order valence-electron chi connectivity index (χ4n) is 1.36. The molecule has 0 bridgehead atoms. The predicted octanol–water partition coefficient (Wildman–Crippen LogP) is 0.0552. The Hall–Kier alpha value is -1.79. The van der Waals surface area contributed by atoms with Gasteiger partial charge < -0.3 is 25.2 Å². The molecular weight excluding hydrogens is 228 g/mol. The molecule has 0 radical (unpaired) electrons. The number of ether oxygens (including phenoxy) is 1. The van der Waals surface area contributed by atoms with Gasteiger partial charge in [-0.25, -0.2) is 4.79 Å². The first-order chi connectivity index (χ1) is 7.99. The van der Waals surface area contributed by atoms with Crippen LogP contribution >= 0.6 is 0 Å². The minimum Gasteiger partial charge on any atom is -0.507 e. The van der Waals surface area contributed by atoms with Crippen LogP contribution in [-0.2, 0) is 9.53 Å². The van der Waals surface area contributed by atoms with E-state index in [1.165, 1.54) is 18.2 Å². The van der Waals surface area contributed by atoms with Crippen molar-refractivity contribution in [2.45, 2.75) is 19.1 Å². The van der Waals surface area contributed by atoms with E-state index in [9.17, 15) is 25.2 Å². The molecule has 1 rings (SSSR count). The molecule has 0 fully saturated rings. The third kappa shape index (κ3) is 2.86. The lowest BCUT2D eigenvalue weighted by Gasteiger charge is -2.18. The van der Waals surface area contributed by atoms with Gasteiger partial charge in [-0.2, -0.15) is 0 Å². The van der Waals surface area contributed by atoms with Gasteiger partial charge in [-0.15, -0.1) is 0 Å². The number of aliphatic hydroxyl groups excluding tert-OH is 2. The van der Waals surface area contributed by atoms with E-state index in [0.717, 1.165) is 0 Å². The van der Waals surface area contributed by atoms with Gasteiger partial charge in [0.15, 0.2) is 6.10 Å². The minimum atomic E-state index is -1.87. The highest BCUT2D eigenvalue weighted by Crippen LogP contribution is 2.34. The van der Waals surface area contributed by atoms with E-state index in [1.54, 1.807) is 6.92 Å². The Morgan fingerprint density at radius 1 is 1.29 bits per heavy atom. The molecule has 0 saturated heterocycles. The van der Waals surface area contributed by atoms with Crippen molar-refractivity contribution in [3.8, 4) is 11.5 Å². The van der Waals surface area contributed by atoms with Crippen molar-refractivity contribution in [1.29, 1.82) is 0 Å². The summed E-state index contributed by atoms with van der Waals surface area (Å²) in [5.74, 6) is -1.86. The summed E-state index contributed by atoms with van der Waals surface area (Å²) in [7, 11) is 0. The molecule has 0 spiro atoms. The molecular formula is C11H14O6. The van der Waals surface area contributed by atoms with Crippen LogP contribution in [0.2, 0.25) is 0 Å². The lowest BCUT2D eigenvalue weighted by molar-refractivity contribution is -0.159. The molecule has 0 aromatic heterocycles. The topological polar surface area (TPSA) is 107 Å². The zero-order valence-electron chi connectivity index (χ0n) is 9.20. The van der Waals surface area contributed by atoms with Gasteiger partial charge in [0.05, 0.1) is 12.2 Å². The van der Waals surface area contributed by atoms with Gasteiger partial charge in [0.1, 0.15) is 17.6 Å². The molecule has 0 aliphatic carbocycles. The normalized spacial score (nSPS) is 14.1. The standard InChI is InChI=1S/C11H14O6/c1-2-17-11(16)10(15)9(14)8-6(12)4-3-5-7(8)13/h3-5,9-10,12-15H,2H2,1H3. The maximum Gasteiger partial charge on any atom is 0.338 e. The van der Waals surface area contributed by atoms with Crippen molar-refractivity contribution in [1.82, 2.24) is 0 Å². The average Bonchev–Trinajstić information content (AvgIpc) is 2.27. The molecule has 1 aromatic carbocycles. The van der Waals surface area contributed by atoms with Gasteiger partial charge in [-0.1, -0.05) is 6.07 Å². The van der Waals surface area contributed by atoms with Gasteiger partial charge in [-0.05, 0) is 19.1 Å². The van der Waals surface area contributed by atoms with E-state index >= 15 is 0 Å². The molecule has 1 aromatic rings. The summed E-state index contributed by atoms with van der Waals surface area (Å²) in [5, 5.41) is 38.0. The molecule has 94 valence electrons. The van der Waals surface area contributed by atoms with Gasteiger partial charge in [0.25, 0.3) is 0 Å². The number of aromatic hydroxyl groups is 2. The smallest absolute Gasteiger partial charge is 0.338 e. The van der Waals surface area contributed by atoms with E-state index in [1.807, 2.05) is 0 Å². The van der Waals surface area contributed by atoms with Crippen LogP contribution in [-0.4, -0.2) is 39.1 Å².